The van der Waals surface area contributed by atoms with Crippen LogP contribution in [0, 0.1) is 0 Å². The standard InChI is InChI=1S/C57H45N3/c1-2-53-54-25-15-16-26-55(54)56-40-39-52(41-57(53)56)60(51-37-35-50(36-38-51)59(46-21-11-5-12-22-46)47-23-13-6-14-24-47)49-33-29-43(30-34-49)42-27-31-48(32-28-42)58(44-17-7-3-8-18-44)45-19-9-4-10-20-45/h3-41,53H,2H2,1H3. The van der Waals surface area contributed by atoms with Gasteiger partial charge in [-0.3, -0.25) is 0 Å². The molecule has 0 saturated heterocycles. The third-order valence-electron chi connectivity index (χ3n) is 11.7. The van der Waals surface area contributed by atoms with E-state index in [1.807, 2.05) is 0 Å². The minimum Gasteiger partial charge on any atom is -0.311 e. The van der Waals surface area contributed by atoms with Crippen molar-refractivity contribution in [2.24, 2.45) is 0 Å². The topological polar surface area (TPSA) is 9.72 Å². The number of rotatable bonds is 11. The lowest BCUT2D eigenvalue weighted by atomic mass is 9.94. The zero-order valence-electron chi connectivity index (χ0n) is 33.6. The molecule has 0 aromatic heterocycles. The molecule has 1 atom stereocenters. The summed E-state index contributed by atoms with van der Waals surface area (Å²) in [5.74, 6) is 0.371. The van der Waals surface area contributed by atoms with Gasteiger partial charge in [-0.1, -0.05) is 134 Å². The number of anilines is 9. The Kier molecular flexibility index (Phi) is 9.99. The molecule has 288 valence electrons. The number of benzene rings is 9. The third kappa shape index (κ3) is 7.01. The lowest BCUT2D eigenvalue weighted by molar-refractivity contribution is 0.797. The zero-order valence-corrected chi connectivity index (χ0v) is 33.6. The summed E-state index contributed by atoms with van der Waals surface area (Å²) in [6, 6.07) is 85.2. The van der Waals surface area contributed by atoms with Crippen molar-refractivity contribution >= 4 is 51.2 Å². The largest absolute Gasteiger partial charge is 0.311 e. The van der Waals surface area contributed by atoms with Crippen LogP contribution in [0.1, 0.15) is 30.4 Å². The Bertz CT molecular complexity index is 2740. The molecule has 0 N–H and O–H groups in total. The van der Waals surface area contributed by atoms with Crippen LogP contribution in [0.3, 0.4) is 0 Å². The first-order valence-electron chi connectivity index (χ1n) is 20.9. The van der Waals surface area contributed by atoms with E-state index in [1.165, 1.54) is 33.4 Å². The number of fused-ring (bicyclic) bond motifs is 3. The van der Waals surface area contributed by atoms with Crippen molar-refractivity contribution < 1.29 is 0 Å². The van der Waals surface area contributed by atoms with E-state index in [0.717, 1.165) is 57.6 Å². The molecule has 0 aliphatic heterocycles. The summed E-state index contributed by atoms with van der Waals surface area (Å²) in [6.45, 7) is 2.30. The van der Waals surface area contributed by atoms with Gasteiger partial charge in [0.2, 0.25) is 0 Å². The second kappa shape index (κ2) is 16.3. The predicted molar refractivity (Wildman–Crippen MR) is 253 cm³/mol. The highest BCUT2D eigenvalue weighted by Crippen LogP contribution is 2.49. The fraction of sp³-hybridized carbons (Fsp3) is 0.0526. The molecule has 9 aromatic rings. The highest BCUT2D eigenvalue weighted by molar-refractivity contribution is 5.86. The molecule has 10 rings (SSSR count). The molecule has 3 nitrogen and oxygen atoms in total. The quantitative estimate of drug-likeness (QED) is 0.130. The van der Waals surface area contributed by atoms with Crippen LogP contribution < -0.4 is 14.7 Å². The Morgan fingerprint density at radius 3 is 0.983 bits per heavy atom. The van der Waals surface area contributed by atoms with Crippen LogP contribution in [0.5, 0.6) is 0 Å². The summed E-state index contributed by atoms with van der Waals surface area (Å²) < 4.78 is 0. The van der Waals surface area contributed by atoms with E-state index in [2.05, 4.69) is 258 Å². The van der Waals surface area contributed by atoms with Crippen LogP contribution >= 0.6 is 0 Å². The van der Waals surface area contributed by atoms with Gasteiger partial charge in [0.05, 0.1) is 0 Å². The van der Waals surface area contributed by atoms with Crippen LogP contribution in [-0.2, 0) is 0 Å². The van der Waals surface area contributed by atoms with E-state index in [4.69, 9.17) is 0 Å². The van der Waals surface area contributed by atoms with E-state index in [0.29, 0.717) is 5.92 Å². The number of hydrogen-bond donors (Lipinski definition) is 0. The second-order valence-electron chi connectivity index (χ2n) is 15.3. The highest BCUT2D eigenvalue weighted by Gasteiger charge is 2.28. The van der Waals surface area contributed by atoms with Crippen molar-refractivity contribution in [2.45, 2.75) is 19.3 Å². The summed E-state index contributed by atoms with van der Waals surface area (Å²) in [5, 5.41) is 0. The maximum Gasteiger partial charge on any atom is 0.0465 e. The molecule has 0 radical (unpaired) electrons. The molecule has 0 bridgehead atoms. The van der Waals surface area contributed by atoms with Crippen molar-refractivity contribution in [2.75, 3.05) is 14.7 Å². The first kappa shape index (κ1) is 36.7. The van der Waals surface area contributed by atoms with Gasteiger partial charge >= 0.3 is 0 Å². The predicted octanol–water partition coefficient (Wildman–Crippen LogP) is 16.3. The maximum absolute atomic E-state index is 2.43. The van der Waals surface area contributed by atoms with Crippen LogP contribution in [0.2, 0.25) is 0 Å². The number of para-hydroxylation sites is 4. The van der Waals surface area contributed by atoms with E-state index in [9.17, 15) is 0 Å². The summed E-state index contributed by atoms with van der Waals surface area (Å²) in [5.41, 5.74) is 17.9. The Labute approximate surface area is 353 Å². The molecule has 1 unspecified atom stereocenters. The monoisotopic (exact) mass is 771 g/mol. The Morgan fingerprint density at radius 2 is 0.583 bits per heavy atom. The SMILES string of the molecule is CCC1c2ccccc2-c2ccc(N(c3ccc(-c4ccc(N(c5ccccc5)c5ccccc5)cc4)cc3)c3ccc(N(c4ccccc4)c4ccccc4)cc3)cc21. The van der Waals surface area contributed by atoms with Crippen molar-refractivity contribution in [3.8, 4) is 22.3 Å². The van der Waals surface area contributed by atoms with Crippen molar-refractivity contribution in [1.82, 2.24) is 0 Å². The van der Waals surface area contributed by atoms with Crippen LogP contribution in [0.15, 0.2) is 237 Å². The van der Waals surface area contributed by atoms with Gasteiger partial charge in [0.1, 0.15) is 0 Å². The van der Waals surface area contributed by atoms with E-state index in [1.54, 1.807) is 0 Å². The lowest BCUT2D eigenvalue weighted by Gasteiger charge is -2.29. The molecule has 1 aliphatic carbocycles. The van der Waals surface area contributed by atoms with Gasteiger partial charge in [0.25, 0.3) is 0 Å². The second-order valence-corrected chi connectivity index (χ2v) is 15.3. The van der Waals surface area contributed by atoms with E-state index < -0.39 is 0 Å². The average molecular weight is 772 g/mol. The van der Waals surface area contributed by atoms with Gasteiger partial charge in [0, 0.05) is 57.1 Å². The first-order chi connectivity index (χ1) is 29.7. The normalized spacial score (nSPS) is 12.7. The Balaban J connectivity index is 1.02. The first-order valence-corrected chi connectivity index (χ1v) is 20.9. The van der Waals surface area contributed by atoms with Gasteiger partial charge in [-0.05, 0) is 149 Å². The van der Waals surface area contributed by atoms with Gasteiger partial charge < -0.3 is 14.7 Å². The molecule has 60 heavy (non-hydrogen) atoms. The van der Waals surface area contributed by atoms with Crippen molar-refractivity contribution in [1.29, 1.82) is 0 Å². The minimum atomic E-state index is 0.371. The molecule has 0 heterocycles. The number of nitrogens with zero attached hydrogens (tertiary/aromatic N) is 3. The molecule has 0 saturated carbocycles. The van der Waals surface area contributed by atoms with Crippen molar-refractivity contribution in [3.63, 3.8) is 0 Å². The summed E-state index contributed by atoms with van der Waals surface area (Å²) in [7, 11) is 0. The van der Waals surface area contributed by atoms with Crippen molar-refractivity contribution in [3.05, 3.63) is 248 Å². The fourth-order valence-electron chi connectivity index (χ4n) is 8.88. The fourth-order valence-corrected chi connectivity index (χ4v) is 8.88. The van der Waals surface area contributed by atoms with Gasteiger partial charge in [-0.25, -0.2) is 0 Å². The molecule has 0 spiro atoms. The molecule has 9 aromatic carbocycles. The highest BCUT2D eigenvalue weighted by atomic mass is 15.2. The Hall–Kier alpha value is -7.62. The smallest absolute Gasteiger partial charge is 0.0465 e. The van der Waals surface area contributed by atoms with E-state index >= 15 is 0 Å². The zero-order chi connectivity index (χ0) is 40.3. The molecule has 0 fully saturated rings. The molecular weight excluding hydrogens is 727 g/mol. The Morgan fingerprint density at radius 1 is 0.283 bits per heavy atom. The molecule has 0 amide bonds. The van der Waals surface area contributed by atoms with Gasteiger partial charge in [0.15, 0.2) is 0 Å². The lowest BCUT2D eigenvalue weighted by Crippen LogP contribution is -2.12. The number of hydrogen-bond acceptors (Lipinski definition) is 3. The van der Waals surface area contributed by atoms with E-state index in [-0.39, 0.29) is 0 Å². The van der Waals surface area contributed by atoms with Crippen LogP contribution in [0.4, 0.5) is 51.2 Å². The summed E-state index contributed by atoms with van der Waals surface area (Å²) in [6.07, 6.45) is 1.05. The van der Waals surface area contributed by atoms with Crippen LogP contribution in [0.25, 0.3) is 22.3 Å². The van der Waals surface area contributed by atoms with Gasteiger partial charge in [-0.15, -0.1) is 0 Å². The average Bonchev–Trinajstić information content (AvgIpc) is 3.64. The minimum absolute atomic E-state index is 0.371. The maximum atomic E-state index is 2.43. The third-order valence-corrected chi connectivity index (χ3v) is 11.7. The summed E-state index contributed by atoms with van der Waals surface area (Å²) >= 11 is 0. The molecule has 1 aliphatic rings. The van der Waals surface area contributed by atoms with Gasteiger partial charge in [-0.2, -0.15) is 0 Å². The molecule has 3 heteroatoms. The summed E-state index contributed by atoms with van der Waals surface area (Å²) in [4.78, 5) is 7.01. The van der Waals surface area contributed by atoms with Crippen LogP contribution in [-0.4, -0.2) is 0 Å². The molecular formula is C57H45N3.